The normalized spacial score (nSPS) is 26.8. The topological polar surface area (TPSA) is 12.0 Å². The maximum atomic E-state index is 3.76. The first kappa shape index (κ1) is 12.2. The summed E-state index contributed by atoms with van der Waals surface area (Å²) in [5.74, 6) is 1.18. The quantitative estimate of drug-likeness (QED) is 0.704. The Balaban J connectivity index is 1.81. The Morgan fingerprint density at radius 1 is 1.05 bits per heavy atom. The molecule has 0 radical (unpaired) electrons. The van der Waals surface area contributed by atoms with E-state index in [0.717, 1.165) is 10.9 Å². The number of hydrogen-bond donors (Lipinski definition) is 1. The van der Waals surface area contributed by atoms with Gasteiger partial charge in [-0.1, -0.05) is 64.5 Å². The zero-order chi connectivity index (χ0) is 13.5. The van der Waals surface area contributed by atoms with Crippen LogP contribution in [0.2, 0.25) is 0 Å². The molecular formula is C18H16BrN. The summed E-state index contributed by atoms with van der Waals surface area (Å²) in [5.41, 5.74) is 4.08. The minimum absolute atomic E-state index is 0.401. The Morgan fingerprint density at radius 3 is 2.75 bits per heavy atom. The van der Waals surface area contributed by atoms with Crippen LogP contribution in [0.3, 0.4) is 0 Å². The van der Waals surface area contributed by atoms with E-state index in [-0.39, 0.29) is 0 Å². The van der Waals surface area contributed by atoms with Crippen molar-refractivity contribution in [3.8, 4) is 0 Å². The van der Waals surface area contributed by atoms with E-state index in [2.05, 4.69) is 81.9 Å². The zero-order valence-corrected chi connectivity index (χ0v) is 12.7. The van der Waals surface area contributed by atoms with Crippen LogP contribution in [0.15, 0.2) is 65.2 Å². The van der Waals surface area contributed by atoms with Crippen LogP contribution in [0.25, 0.3) is 0 Å². The summed E-state index contributed by atoms with van der Waals surface area (Å²) in [5, 5.41) is 3.76. The second-order valence-electron chi connectivity index (χ2n) is 5.62. The Morgan fingerprint density at radius 2 is 1.90 bits per heavy atom. The van der Waals surface area contributed by atoms with Crippen LogP contribution in [0, 0.1) is 5.92 Å². The molecule has 2 heteroatoms. The highest BCUT2D eigenvalue weighted by Crippen LogP contribution is 2.50. The maximum Gasteiger partial charge on any atom is 0.0553 e. The van der Waals surface area contributed by atoms with E-state index in [1.807, 2.05) is 0 Å². The number of fused-ring (bicyclic) bond motifs is 3. The molecule has 1 heterocycles. The molecule has 3 atom stereocenters. The van der Waals surface area contributed by atoms with Gasteiger partial charge < -0.3 is 5.32 Å². The standard InChI is InChI=1S/C18H16BrN/c19-13-9-10-15-14-7-4-8-16(14)18(20-17(15)11-13)12-5-2-1-3-6-12/h1-7,9-11,14,16,18,20H,8H2/t14-,16-,18-/m0/s1. The van der Waals surface area contributed by atoms with Gasteiger partial charge in [-0.05, 0) is 35.6 Å². The molecule has 0 fully saturated rings. The van der Waals surface area contributed by atoms with E-state index in [1.165, 1.54) is 16.8 Å². The van der Waals surface area contributed by atoms with Crippen molar-refractivity contribution in [2.75, 3.05) is 5.32 Å². The molecule has 1 nitrogen and oxygen atoms in total. The van der Waals surface area contributed by atoms with Crippen molar-refractivity contribution in [1.82, 2.24) is 0 Å². The van der Waals surface area contributed by atoms with Gasteiger partial charge >= 0.3 is 0 Å². The Labute approximate surface area is 127 Å². The van der Waals surface area contributed by atoms with Crippen molar-refractivity contribution in [2.45, 2.75) is 18.4 Å². The third-order valence-electron chi connectivity index (χ3n) is 4.49. The Hall–Kier alpha value is -1.54. The smallest absolute Gasteiger partial charge is 0.0553 e. The summed E-state index contributed by atoms with van der Waals surface area (Å²) in [6.07, 6.45) is 5.88. The molecule has 1 aliphatic carbocycles. The third kappa shape index (κ3) is 1.90. The molecule has 0 saturated carbocycles. The molecule has 4 rings (SSSR count). The van der Waals surface area contributed by atoms with E-state index < -0.39 is 0 Å². The highest BCUT2D eigenvalue weighted by molar-refractivity contribution is 9.10. The van der Waals surface area contributed by atoms with Crippen molar-refractivity contribution in [3.05, 3.63) is 76.3 Å². The lowest BCUT2D eigenvalue weighted by Crippen LogP contribution is -2.28. The molecule has 2 aliphatic rings. The van der Waals surface area contributed by atoms with Gasteiger partial charge in [0.15, 0.2) is 0 Å². The summed E-state index contributed by atoms with van der Waals surface area (Å²) < 4.78 is 1.14. The fourth-order valence-electron chi connectivity index (χ4n) is 3.56. The highest BCUT2D eigenvalue weighted by atomic mass is 79.9. The van der Waals surface area contributed by atoms with Crippen LogP contribution in [-0.2, 0) is 0 Å². The average Bonchev–Trinajstić information content (AvgIpc) is 2.96. The van der Waals surface area contributed by atoms with Gasteiger partial charge in [-0.3, -0.25) is 0 Å². The molecule has 1 N–H and O–H groups in total. The summed E-state index contributed by atoms with van der Waals surface area (Å²) in [6, 6.07) is 17.8. The third-order valence-corrected chi connectivity index (χ3v) is 4.98. The Bertz CT molecular complexity index is 662. The molecule has 20 heavy (non-hydrogen) atoms. The molecular weight excluding hydrogens is 310 g/mol. The van der Waals surface area contributed by atoms with Crippen molar-refractivity contribution >= 4 is 21.6 Å². The summed E-state index contributed by atoms with van der Waals surface area (Å²) in [7, 11) is 0. The first-order valence-corrected chi connectivity index (χ1v) is 7.90. The number of hydrogen-bond acceptors (Lipinski definition) is 1. The van der Waals surface area contributed by atoms with Crippen molar-refractivity contribution < 1.29 is 0 Å². The first-order chi connectivity index (χ1) is 9.83. The van der Waals surface area contributed by atoms with Gasteiger partial charge in [0.2, 0.25) is 0 Å². The van der Waals surface area contributed by atoms with Crippen molar-refractivity contribution in [1.29, 1.82) is 0 Å². The predicted molar refractivity (Wildman–Crippen MR) is 86.9 cm³/mol. The Kier molecular flexibility index (Phi) is 2.92. The number of halogens is 1. The molecule has 0 saturated heterocycles. The molecule has 1 aliphatic heterocycles. The molecule has 2 aromatic carbocycles. The van der Waals surface area contributed by atoms with Gasteiger partial charge in [0.25, 0.3) is 0 Å². The molecule has 0 spiro atoms. The lowest BCUT2D eigenvalue weighted by atomic mass is 9.77. The van der Waals surface area contributed by atoms with Crippen LogP contribution in [0.5, 0.6) is 0 Å². The summed E-state index contributed by atoms with van der Waals surface area (Å²) >= 11 is 3.58. The highest BCUT2D eigenvalue weighted by Gasteiger charge is 2.37. The SMILES string of the molecule is Brc1ccc2c(c1)N[C@@H](c1ccccc1)[C@H]1CC=C[C@@H]21. The number of anilines is 1. The van der Waals surface area contributed by atoms with Gasteiger partial charge in [0.05, 0.1) is 6.04 Å². The molecule has 0 unspecified atom stereocenters. The van der Waals surface area contributed by atoms with E-state index in [0.29, 0.717) is 17.9 Å². The summed E-state index contributed by atoms with van der Waals surface area (Å²) in [4.78, 5) is 0. The maximum absolute atomic E-state index is 3.76. The van der Waals surface area contributed by atoms with Gasteiger partial charge in [-0.2, -0.15) is 0 Å². The van der Waals surface area contributed by atoms with Gasteiger partial charge in [-0.25, -0.2) is 0 Å². The minimum atomic E-state index is 0.401. The van der Waals surface area contributed by atoms with Gasteiger partial charge in [-0.15, -0.1) is 0 Å². The lowest BCUT2D eigenvalue weighted by molar-refractivity contribution is 0.425. The van der Waals surface area contributed by atoms with E-state index in [1.54, 1.807) is 0 Å². The van der Waals surface area contributed by atoms with Gasteiger partial charge in [0.1, 0.15) is 0 Å². The fraction of sp³-hybridized carbons (Fsp3) is 0.222. The largest absolute Gasteiger partial charge is 0.378 e. The van der Waals surface area contributed by atoms with Crippen LogP contribution in [0.4, 0.5) is 5.69 Å². The van der Waals surface area contributed by atoms with E-state index in [4.69, 9.17) is 0 Å². The van der Waals surface area contributed by atoms with Crippen LogP contribution < -0.4 is 5.32 Å². The first-order valence-electron chi connectivity index (χ1n) is 7.10. The zero-order valence-electron chi connectivity index (χ0n) is 11.1. The number of allylic oxidation sites excluding steroid dienone is 2. The second kappa shape index (κ2) is 4.78. The number of nitrogens with one attached hydrogen (secondary N) is 1. The average molecular weight is 326 g/mol. The van der Waals surface area contributed by atoms with Crippen molar-refractivity contribution in [2.24, 2.45) is 5.92 Å². The minimum Gasteiger partial charge on any atom is -0.378 e. The second-order valence-corrected chi connectivity index (χ2v) is 6.53. The summed E-state index contributed by atoms with van der Waals surface area (Å²) in [6.45, 7) is 0. The molecule has 0 amide bonds. The predicted octanol–water partition coefficient (Wildman–Crippen LogP) is 5.28. The molecule has 0 bridgehead atoms. The van der Waals surface area contributed by atoms with Gasteiger partial charge in [0, 0.05) is 16.1 Å². The van der Waals surface area contributed by atoms with E-state index >= 15 is 0 Å². The fourth-order valence-corrected chi connectivity index (χ4v) is 3.92. The van der Waals surface area contributed by atoms with E-state index in [9.17, 15) is 0 Å². The number of benzene rings is 2. The van der Waals surface area contributed by atoms with Crippen LogP contribution >= 0.6 is 15.9 Å². The number of rotatable bonds is 1. The molecule has 0 aromatic heterocycles. The molecule has 2 aromatic rings. The van der Waals surface area contributed by atoms with Crippen LogP contribution in [0.1, 0.15) is 29.5 Å². The lowest BCUT2D eigenvalue weighted by Gasteiger charge is -2.37. The monoisotopic (exact) mass is 325 g/mol. The van der Waals surface area contributed by atoms with Crippen molar-refractivity contribution in [3.63, 3.8) is 0 Å². The van der Waals surface area contributed by atoms with Crippen LogP contribution in [-0.4, -0.2) is 0 Å². The molecule has 100 valence electrons.